The summed E-state index contributed by atoms with van der Waals surface area (Å²) in [5, 5.41) is 9.01. The number of hydrazine groups is 1. The van der Waals surface area contributed by atoms with Gasteiger partial charge in [0.25, 0.3) is 0 Å². The van der Waals surface area contributed by atoms with Crippen LogP contribution >= 0.6 is 0 Å². The Morgan fingerprint density at radius 3 is 2.56 bits per heavy atom. The van der Waals surface area contributed by atoms with E-state index < -0.39 is 0 Å². The molecule has 0 radical (unpaired) electrons. The van der Waals surface area contributed by atoms with Crippen molar-refractivity contribution >= 4 is 23.4 Å². The van der Waals surface area contributed by atoms with Gasteiger partial charge in [-0.3, -0.25) is 10.0 Å². The van der Waals surface area contributed by atoms with E-state index in [0.29, 0.717) is 19.1 Å². The van der Waals surface area contributed by atoms with Crippen molar-refractivity contribution in [1.29, 1.82) is 0 Å². The Hall–Kier alpha value is -3.17. The molecule has 0 atom stereocenters. The maximum Gasteiger partial charge on any atom is 0.333 e. The highest BCUT2D eigenvalue weighted by atomic mass is 16.6. The lowest BCUT2D eigenvalue weighted by Gasteiger charge is -2.31. The Morgan fingerprint density at radius 2 is 1.91 bits per heavy atom. The van der Waals surface area contributed by atoms with Crippen molar-refractivity contribution in [3.05, 3.63) is 30.2 Å². The van der Waals surface area contributed by atoms with Crippen molar-refractivity contribution < 1.29 is 9.63 Å². The normalized spacial score (nSPS) is 21.2. The van der Waals surface area contributed by atoms with Crippen LogP contribution in [0, 0.1) is 12.8 Å². The van der Waals surface area contributed by atoms with Crippen LogP contribution in [-0.2, 0) is 4.84 Å². The fourth-order valence-electron chi connectivity index (χ4n) is 4.37. The molecule has 184 valence electrons. The molecular weight excluding hydrogens is 432 g/mol. The number of rotatable bonds is 7. The third-order valence-corrected chi connectivity index (χ3v) is 6.42. The lowest BCUT2D eigenvalue weighted by molar-refractivity contribution is 0.0406. The number of amides is 2. The third kappa shape index (κ3) is 6.68. The molecule has 1 aromatic rings. The average Bonchev–Trinajstić information content (AvgIpc) is 2.88. The summed E-state index contributed by atoms with van der Waals surface area (Å²) in [7, 11) is 0. The molecule has 3 heterocycles. The minimum atomic E-state index is -0.196. The highest BCUT2D eigenvalue weighted by molar-refractivity contribution is 5.98. The standard InChI is InChI=1S/C24H36N8O2/c1-3-11-25-24(33)29-32-14-10-22(28-17-32)19-4-6-20(7-5-19)30-34-21-8-12-31(13-9-21)23-26-15-18(2)16-27-23/h10,14-16,19,21H,3-9,11-13,17H2,1-2H3,(H2,25,29,33). The lowest BCUT2D eigenvalue weighted by atomic mass is 9.84. The minimum absolute atomic E-state index is 0.158. The van der Waals surface area contributed by atoms with Crippen LogP contribution in [0.4, 0.5) is 10.7 Å². The number of nitrogens with one attached hydrogen (secondary N) is 2. The Morgan fingerprint density at radius 1 is 1.18 bits per heavy atom. The monoisotopic (exact) mass is 468 g/mol. The van der Waals surface area contributed by atoms with Gasteiger partial charge in [-0.25, -0.2) is 20.2 Å². The van der Waals surface area contributed by atoms with Gasteiger partial charge in [0.2, 0.25) is 5.95 Å². The number of nitrogens with zero attached hydrogens (tertiary/aromatic N) is 6. The van der Waals surface area contributed by atoms with E-state index in [0.717, 1.165) is 81.0 Å². The molecule has 2 aliphatic heterocycles. The zero-order valence-electron chi connectivity index (χ0n) is 20.2. The number of hydrogen-bond donors (Lipinski definition) is 2. The van der Waals surface area contributed by atoms with Gasteiger partial charge in [0.05, 0.1) is 5.71 Å². The van der Waals surface area contributed by atoms with Gasteiger partial charge < -0.3 is 15.1 Å². The molecule has 2 amide bonds. The molecule has 34 heavy (non-hydrogen) atoms. The second-order valence-electron chi connectivity index (χ2n) is 9.16. The summed E-state index contributed by atoms with van der Waals surface area (Å²) in [4.78, 5) is 33.4. The molecule has 1 saturated carbocycles. The number of aromatic nitrogens is 2. The third-order valence-electron chi connectivity index (χ3n) is 6.42. The topological polar surface area (TPSA) is 107 Å². The minimum Gasteiger partial charge on any atom is -0.392 e. The summed E-state index contributed by atoms with van der Waals surface area (Å²) in [6, 6.07) is -0.196. The molecule has 0 aromatic carbocycles. The number of carbonyl (C=O) groups is 1. The first kappa shape index (κ1) is 24.0. The molecule has 1 aromatic heterocycles. The van der Waals surface area contributed by atoms with Crippen LogP contribution in [-0.4, -0.2) is 64.8 Å². The van der Waals surface area contributed by atoms with E-state index in [1.165, 1.54) is 0 Å². The van der Waals surface area contributed by atoms with E-state index in [1.54, 1.807) is 5.01 Å². The SMILES string of the molecule is CCCNC(=O)NN1C=CC(C2CCC(=NOC3CCN(c4ncc(C)cn4)CC3)CC2)=NC1. The van der Waals surface area contributed by atoms with Crippen molar-refractivity contribution in [2.45, 2.75) is 64.9 Å². The number of anilines is 1. The van der Waals surface area contributed by atoms with E-state index in [-0.39, 0.29) is 12.1 Å². The molecule has 1 saturated heterocycles. The molecule has 10 nitrogen and oxygen atoms in total. The van der Waals surface area contributed by atoms with Gasteiger partial charge in [0.1, 0.15) is 12.8 Å². The van der Waals surface area contributed by atoms with Crippen molar-refractivity contribution in [3.63, 3.8) is 0 Å². The zero-order valence-corrected chi connectivity index (χ0v) is 20.2. The molecule has 0 spiro atoms. The van der Waals surface area contributed by atoms with Crippen LogP contribution in [0.25, 0.3) is 0 Å². The number of hydrogen-bond acceptors (Lipinski definition) is 8. The average molecular weight is 469 g/mol. The Labute approximate surface area is 201 Å². The first-order valence-electron chi connectivity index (χ1n) is 12.4. The second-order valence-corrected chi connectivity index (χ2v) is 9.16. The van der Waals surface area contributed by atoms with Crippen LogP contribution in [0.15, 0.2) is 34.8 Å². The summed E-state index contributed by atoms with van der Waals surface area (Å²) in [5.41, 5.74) is 6.12. The van der Waals surface area contributed by atoms with Gasteiger partial charge in [-0.15, -0.1) is 0 Å². The van der Waals surface area contributed by atoms with Gasteiger partial charge in [-0.1, -0.05) is 12.1 Å². The van der Waals surface area contributed by atoms with E-state index in [9.17, 15) is 4.79 Å². The Bertz CT molecular complexity index is 896. The number of aliphatic imine (C=N–C) groups is 1. The van der Waals surface area contributed by atoms with Crippen molar-refractivity contribution in [1.82, 2.24) is 25.7 Å². The van der Waals surface area contributed by atoms with Gasteiger partial charge in [0, 0.05) is 62.7 Å². The predicted molar refractivity (Wildman–Crippen MR) is 133 cm³/mol. The summed E-state index contributed by atoms with van der Waals surface area (Å²) >= 11 is 0. The van der Waals surface area contributed by atoms with Crippen molar-refractivity contribution in [2.24, 2.45) is 16.1 Å². The molecule has 0 bridgehead atoms. The largest absolute Gasteiger partial charge is 0.392 e. The fourth-order valence-corrected chi connectivity index (χ4v) is 4.37. The number of allylic oxidation sites excluding steroid dienone is 1. The molecule has 3 aliphatic rings. The summed E-state index contributed by atoms with van der Waals surface area (Å²) < 4.78 is 0. The number of oxime groups is 1. The van der Waals surface area contributed by atoms with Crippen LogP contribution in [0.5, 0.6) is 0 Å². The molecule has 2 fully saturated rings. The maximum atomic E-state index is 11.8. The lowest BCUT2D eigenvalue weighted by Crippen LogP contribution is -2.46. The van der Waals surface area contributed by atoms with E-state index in [1.807, 2.05) is 38.5 Å². The summed E-state index contributed by atoms with van der Waals surface area (Å²) in [6.45, 7) is 6.90. The molecule has 4 rings (SSSR count). The molecule has 2 N–H and O–H groups in total. The summed E-state index contributed by atoms with van der Waals surface area (Å²) in [5.74, 6) is 1.23. The van der Waals surface area contributed by atoms with Gasteiger partial charge in [-0.2, -0.15) is 0 Å². The van der Waals surface area contributed by atoms with E-state index in [4.69, 9.17) is 4.84 Å². The quantitative estimate of drug-likeness (QED) is 0.595. The number of piperidine rings is 1. The fraction of sp³-hybridized carbons (Fsp3) is 0.625. The molecule has 1 aliphatic carbocycles. The van der Waals surface area contributed by atoms with Gasteiger partial charge >= 0.3 is 6.03 Å². The Kier molecular flexibility index (Phi) is 8.32. The van der Waals surface area contributed by atoms with E-state index >= 15 is 0 Å². The summed E-state index contributed by atoms with van der Waals surface area (Å²) in [6.07, 6.45) is 14.5. The van der Waals surface area contributed by atoms with Crippen LogP contribution in [0.2, 0.25) is 0 Å². The van der Waals surface area contributed by atoms with Crippen LogP contribution < -0.4 is 15.6 Å². The second kappa shape index (κ2) is 11.8. The van der Waals surface area contributed by atoms with E-state index in [2.05, 4.69) is 35.8 Å². The van der Waals surface area contributed by atoms with Gasteiger partial charge in [-0.05, 0) is 50.7 Å². The highest BCUT2D eigenvalue weighted by Crippen LogP contribution is 2.26. The molecule has 10 heteroatoms. The number of urea groups is 1. The highest BCUT2D eigenvalue weighted by Gasteiger charge is 2.25. The van der Waals surface area contributed by atoms with Crippen LogP contribution in [0.1, 0.15) is 57.4 Å². The van der Waals surface area contributed by atoms with Crippen molar-refractivity contribution in [2.75, 3.05) is 31.2 Å². The molecule has 0 unspecified atom stereocenters. The first-order chi connectivity index (χ1) is 16.6. The Balaban J connectivity index is 1.15. The van der Waals surface area contributed by atoms with Crippen molar-refractivity contribution in [3.8, 4) is 0 Å². The zero-order chi connectivity index (χ0) is 23.8. The smallest absolute Gasteiger partial charge is 0.333 e. The first-order valence-corrected chi connectivity index (χ1v) is 12.4. The number of aryl methyl sites for hydroxylation is 1. The van der Waals surface area contributed by atoms with Crippen LogP contribution in [0.3, 0.4) is 0 Å². The molecular formula is C24H36N8O2. The maximum absolute atomic E-state index is 11.8. The van der Waals surface area contributed by atoms with Gasteiger partial charge in [0.15, 0.2) is 0 Å². The predicted octanol–water partition coefficient (Wildman–Crippen LogP) is 3.17. The number of carbonyl (C=O) groups excluding carboxylic acids is 1.